The second-order valence-corrected chi connectivity index (χ2v) is 8.31. The summed E-state index contributed by atoms with van der Waals surface area (Å²) in [5.41, 5.74) is 0.915. The normalized spacial score (nSPS) is 16.2. The van der Waals surface area contributed by atoms with E-state index in [1.54, 1.807) is 7.05 Å². The molecule has 1 fully saturated rings. The minimum Gasteiger partial charge on any atom is -0.469 e. The van der Waals surface area contributed by atoms with Gasteiger partial charge >= 0.3 is 5.97 Å². The van der Waals surface area contributed by atoms with Crippen LogP contribution in [0, 0.1) is 5.92 Å². The molecule has 0 aliphatic carbocycles. The average molecular weight is 397 g/mol. The number of nitrogens with zero attached hydrogens (tertiary/aromatic N) is 2. The fraction of sp³-hybridized carbons (Fsp3) is 0.556. The van der Waals surface area contributed by atoms with Crippen molar-refractivity contribution in [3.8, 4) is 0 Å². The zero-order valence-corrected chi connectivity index (χ0v) is 16.7. The monoisotopic (exact) mass is 396 g/mol. The van der Waals surface area contributed by atoms with Crippen LogP contribution in [0.15, 0.2) is 35.3 Å². The molecule has 150 valence electrons. The van der Waals surface area contributed by atoms with Crippen LogP contribution < -0.4 is 10.0 Å². The minimum atomic E-state index is -3.38. The van der Waals surface area contributed by atoms with Gasteiger partial charge in [0.2, 0.25) is 10.0 Å². The molecule has 1 saturated heterocycles. The maximum absolute atomic E-state index is 12.1. The van der Waals surface area contributed by atoms with Crippen molar-refractivity contribution < 1.29 is 17.9 Å². The highest BCUT2D eigenvalue weighted by molar-refractivity contribution is 7.89. The zero-order chi connectivity index (χ0) is 19.7. The lowest BCUT2D eigenvalue weighted by molar-refractivity contribution is -0.146. The number of rotatable bonds is 7. The van der Waals surface area contributed by atoms with E-state index in [-0.39, 0.29) is 30.7 Å². The standard InChI is InChI=1S/C18H28N4O4S/c1-19-18(22-11-8-16(9-12-22)17(23)26-2)20-10-13-27(24,25)21-14-15-6-4-3-5-7-15/h3-7,16,21H,8-14H2,1-2H3,(H,19,20). The smallest absolute Gasteiger partial charge is 0.308 e. The van der Waals surface area contributed by atoms with Crippen LogP contribution in [0.5, 0.6) is 0 Å². The lowest BCUT2D eigenvalue weighted by Crippen LogP contribution is -2.48. The molecule has 9 heteroatoms. The predicted octanol–water partition coefficient (Wildman–Crippen LogP) is 0.566. The SMILES string of the molecule is CN=C(NCCS(=O)(=O)NCc1ccccc1)N1CCC(C(=O)OC)CC1. The number of nitrogens with one attached hydrogen (secondary N) is 2. The van der Waals surface area contributed by atoms with Crippen molar-refractivity contribution in [3.05, 3.63) is 35.9 Å². The summed E-state index contributed by atoms with van der Waals surface area (Å²) in [6.07, 6.45) is 1.40. The molecule has 0 spiro atoms. The van der Waals surface area contributed by atoms with Gasteiger partial charge in [-0.05, 0) is 18.4 Å². The molecule has 27 heavy (non-hydrogen) atoms. The number of aliphatic imine (C=N–C) groups is 1. The van der Waals surface area contributed by atoms with E-state index in [1.165, 1.54) is 7.11 Å². The van der Waals surface area contributed by atoms with Crippen LogP contribution in [0.1, 0.15) is 18.4 Å². The molecule has 0 amide bonds. The van der Waals surface area contributed by atoms with Crippen LogP contribution >= 0.6 is 0 Å². The second kappa shape index (κ2) is 10.3. The summed E-state index contributed by atoms with van der Waals surface area (Å²) >= 11 is 0. The number of sulfonamides is 1. The van der Waals surface area contributed by atoms with E-state index >= 15 is 0 Å². The van der Waals surface area contributed by atoms with Crippen LogP contribution in [-0.4, -0.2) is 64.8 Å². The Labute approximate surface area is 161 Å². The molecular weight excluding hydrogens is 368 g/mol. The van der Waals surface area contributed by atoms with Gasteiger partial charge in [0, 0.05) is 33.2 Å². The average Bonchev–Trinajstić information content (AvgIpc) is 2.70. The molecule has 0 saturated carbocycles. The fourth-order valence-electron chi connectivity index (χ4n) is 2.98. The molecule has 0 unspecified atom stereocenters. The summed E-state index contributed by atoms with van der Waals surface area (Å²) in [6, 6.07) is 9.39. The highest BCUT2D eigenvalue weighted by atomic mass is 32.2. The summed E-state index contributed by atoms with van der Waals surface area (Å²) in [5, 5.41) is 3.09. The van der Waals surface area contributed by atoms with Crippen molar-refractivity contribution >= 4 is 22.0 Å². The van der Waals surface area contributed by atoms with Crippen molar-refractivity contribution in [1.82, 2.24) is 14.9 Å². The van der Waals surface area contributed by atoms with E-state index in [4.69, 9.17) is 4.74 Å². The topological polar surface area (TPSA) is 100 Å². The number of likely N-dealkylation sites (tertiary alicyclic amines) is 1. The first-order valence-corrected chi connectivity index (χ1v) is 10.6. The summed E-state index contributed by atoms with van der Waals surface area (Å²) in [7, 11) is -0.317. The summed E-state index contributed by atoms with van der Waals surface area (Å²) in [5.74, 6) is 0.356. The first-order chi connectivity index (χ1) is 12.9. The number of esters is 1. The van der Waals surface area contributed by atoms with E-state index < -0.39 is 10.0 Å². The van der Waals surface area contributed by atoms with Crippen LogP contribution in [0.2, 0.25) is 0 Å². The second-order valence-electron chi connectivity index (χ2n) is 6.38. The first kappa shape index (κ1) is 21.2. The molecule has 1 aromatic carbocycles. The van der Waals surface area contributed by atoms with Crippen LogP contribution in [-0.2, 0) is 26.1 Å². The van der Waals surface area contributed by atoms with Gasteiger partial charge in [-0.15, -0.1) is 0 Å². The Morgan fingerprint density at radius 1 is 1.26 bits per heavy atom. The quantitative estimate of drug-likeness (QED) is 0.397. The maximum Gasteiger partial charge on any atom is 0.308 e. The highest BCUT2D eigenvalue weighted by Gasteiger charge is 2.27. The lowest BCUT2D eigenvalue weighted by atomic mass is 9.97. The van der Waals surface area contributed by atoms with Gasteiger partial charge in [-0.2, -0.15) is 0 Å². The molecule has 1 heterocycles. The molecule has 2 rings (SSSR count). The van der Waals surface area contributed by atoms with Gasteiger partial charge in [-0.25, -0.2) is 13.1 Å². The number of carbonyl (C=O) groups is 1. The van der Waals surface area contributed by atoms with Crippen LogP contribution in [0.25, 0.3) is 0 Å². The zero-order valence-electron chi connectivity index (χ0n) is 15.8. The van der Waals surface area contributed by atoms with Crippen molar-refractivity contribution in [2.45, 2.75) is 19.4 Å². The lowest BCUT2D eigenvalue weighted by Gasteiger charge is -2.33. The summed E-state index contributed by atoms with van der Waals surface area (Å²) < 4.78 is 31.7. The molecule has 0 radical (unpaired) electrons. The molecule has 1 aliphatic heterocycles. The van der Waals surface area contributed by atoms with Crippen molar-refractivity contribution in [1.29, 1.82) is 0 Å². The molecule has 1 aromatic rings. The van der Waals surface area contributed by atoms with E-state index in [1.807, 2.05) is 35.2 Å². The number of methoxy groups -OCH3 is 1. The molecule has 2 N–H and O–H groups in total. The predicted molar refractivity (Wildman–Crippen MR) is 105 cm³/mol. The van der Waals surface area contributed by atoms with Gasteiger partial charge in [-0.3, -0.25) is 9.79 Å². The number of hydrogen-bond donors (Lipinski definition) is 2. The van der Waals surface area contributed by atoms with E-state index in [0.717, 1.165) is 5.56 Å². The van der Waals surface area contributed by atoms with E-state index in [9.17, 15) is 13.2 Å². The third-order valence-electron chi connectivity index (χ3n) is 4.53. The molecule has 8 nitrogen and oxygen atoms in total. The van der Waals surface area contributed by atoms with Crippen molar-refractivity contribution in [3.63, 3.8) is 0 Å². The number of ether oxygens (including phenoxy) is 1. The largest absolute Gasteiger partial charge is 0.469 e. The van der Waals surface area contributed by atoms with E-state index in [2.05, 4.69) is 15.0 Å². The third-order valence-corrected chi connectivity index (χ3v) is 5.86. The van der Waals surface area contributed by atoms with Gasteiger partial charge < -0.3 is 15.0 Å². The van der Waals surface area contributed by atoms with Crippen LogP contribution in [0.4, 0.5) is 0 Å². The Bertz CT molecular complexity index is 729. The maximum atomic E-state index is 12.1. The number of guanidine groups is 1. The highest BCUT2D eigenvalue weighted by Crippen LogP contribution is 2.18. The van der Waals surface area contributed by atoms with Crippen molar-refractivity contribution in [2.75, 3.05) is 39.5 Å². The number of benzene rings is 1. The van der Waals surface area contributed by atoms with Crippen LogP contribution in [0.3, 0.4) is 0 Å². The molecule has 1 aliphatic rings. The van der Waals surface area contributed by atoms with Gasteiger partial charge in [0.05, 0.1) is 18.8 Å². The Hall–Kier alpha value is -2.13. The molecule has 0 atom stereocenters. The fourth-order valence-corrected chi connectivity index (χ4v) is 3.89. The summed E-state index contributed by atoms with van der Waals surface area (Å²) in [6.45, 7) is 1.89. The van der Waals surface area contributed by atoms with Gasteiger partial charge in [0.15, 0.2) is 5.96 Å². The Morgan fingerprint density at radius 2 is 1.93 bits per heavy atom. The van der Waals surface area contributed by atoms with Gasteiger partial charge in [0.25, 0.3) is 0 Å². The van der Waals surface area contributed by atoms with Gasteiger partial charge in [0.1, 0.15) is 0 Å². The number of carbonyl (C=O) groups excluding carboxylic acids is 1. The van der Waals surface area contributed by atoms with Crippen molar-refractivity contribution in [2.24, 2.45) is 10.9 Å². The Kier molecular flexibility index (Phi) is 8.05. The Morgan fingerprint density at radius 3 is 2.52 bits per heavy atom. The third kappa shape index (κ3) is 6.84. The molecular formula is C18H28N4O4S. The first-order valence-electron chi connectivity index (χ1n) is 9.00. The number of piperidine rings is 1. The van der Waals surface area contributed by atoms with E-state index in [0.29, 0.717) is 31.9 Å². The minimum absolute atomic E-state index is 0.0442. The Balaban J connectivity index is 1.75. The van der Waals surface area contributed by atoms with Gasteiger partial charge in [-0.1, -0.05) is 30.3 Å². The summed E-state index contributed by atoms with van der Waals surface area (Å²) in [4.78, 5) is 17.8. The molecule has 0 bridgehead atoms. The molecule has 0 aromatic heterocycles. The number of hydrogen-bond acceptors (Lipinski definition) is 5.